The van der Waals surface area contributed by atoms with E-state index in [9.17, 15) is 0 Å². The molecule has 0 aromatic heterocycles. The third-order valence-electron chi connectivity index (χ3n) is 5.40. The van der Waals surface area contributed by atoms with Gasteiger partial charge in [0.25, 0.3) is 0 Å². The van der Waals surface area contributed by atoms with Crippen LogP contribution in [0.15, 0.2) is 36.5 Å². The van der Waals surface area contributed by atoms with Gasteiger partial charge >= 0.3 is 0 Å². The SMILES string of the molecule is N/C=C(\c1ccccc1)C1CCN(CCC2CCOCCN2)CC1. The molecule has 2 aliphatic heterocycles. The van der Waals surface area contributed by atoms with E-state index in [1.54, 1.807) is 0 Å². The highest BCUT2D eigenvalue weighted by molar-refractivity contribution is 5.67. The van der Waals surface area contributed by atoms with Crippen molar-refractivity contribution in [2.75, 3.05) is 39.4 Å². The van der Waals surface area contributed by atoms with E-state index in [0.29, 0.717) is 12.0 Å². The number of nitrogens with zero attached hydrogens (tertiary/aromatic N) is 1. The number of nitrogens with one attached hydrogen (secondary N) is 1. The molecule has 1 aromatic carbocycles. The van der Waals surface area contributed by atoms with Crippen molar-refractivity contribution in [2.45, 2.75) is 31.7 Å². The number of ether oxygens (including phenoxy) is 1. The van der Waals surface area contributed by atoms with Crippen LogP contribution in [0, 0.1) is 5.92 Å². The van der Waals surface area contributed by atoms with Crippen LogP contribution in [0.1, 0.15) is 31.2 Å². The van der Waals surface area contributed by atoms with E-state index < -0.39 is 0 Å². The summed E-state index contributed by atoms with van der Waals surface area (Å²) in [7, 11) is 0. The van der Waals surface area contributed by atoms with E-state index in [1.807, 2.05) is 6.20 Å². The molecule has 2 fully saturated rings. The summed E-state index contributed by atoms with van der Waals surface area (Å²) in [5.74, 6) is 0.595. The quantitative estimate of drug-likeness (QED) is 0.871. The number of allylic oxidation sites excluding steroid dienone is 1. The van der Waals surface area contributed by atoms with E-state index >= 15 is 0 Å². The van der Waals surface area contributed by atoms with Crippen LogP contribution < -0.4 is 11.1 Å². The second kappa shape index (κ2) is 9.21. The molecule has 0 amide bonds. The Morgan fingerprint density at radius 3 is 2.71 bits per heavy atom. The Kier molecular flexibility index (Phi) is 6.70. The molecule has 1 aromatic rings. The van der Waals surface area contributed by atoms with Crippen molar-refractivity contribution in [3.8, 4) is 0 Å². The minimum absolute atomic E-state index is 0.595. The molecule has 1 unspecified atom stereocenters. The summed E-state index contributed by atoms with van der Waals surface area (Å²) in [6, 6.07) is 11.2. The van der Waals surface area contributed by atoms with Crippen LogP contribution in [0.2, 0.25) is 0 Å². The average Bonchev–Trinajstić information content (AvgIpc) is 2.91. The van der Waals surface area contributed by atoms with Crippen molar-refractivity contribution in [2.24, 2.45) is 11.7 Å². The summed E-state index contributed by atoms with van der Waals surface area (Å²) in [6.07, 6.45) is 6.61. The molecule has 132 valence electrons. The predicted molar refractivity (Wildman–Crippen MR) is 99.6 cm³/mol. The number of benzene rings is 1. The van der Waals surface area contributed by atoms with Gasteiger partial charge in [0.2, 0.25) is 0 Å². The summed E-state index contributed by atoms with van der Waals surface area (Å²) in [5.41, 5.74) is 8.54. The van der Waals surface area contributed by atoms with Crippen LogP contribution in [0.3, 0.4) is 0 Å². The Labute approximate surface area is 146 Å². The van der Waals surface area contributed by atoms with Gasteiger partial charge in [-0.15, -0.1) is 0 Å². The summed E-state index contributed by atoms with van der Waals surface area (Å²) in [4.78, 5) is 2.61. The first kappa shape index (κ1) is 17.5. The summed E-state index contributed by atoms with van der Waals surface area (Å²) in [5, 5.41) is 3.60. The zero-order chi connectivity index (χ0) is 16.6. The first-order valence-corrected chi connectivity index (χ1v) is 9.37. The molecule has 2 aliphatic rings. The Morgan fingerprint density at radius 1 is 1.17 bits per heavy atom. The molecule has 0 saturated carbocycles. The number of likely N-dealkylation sites (tertiary alicyclic amines) is 1. The number of hydrogen-bond acceptors (Lipinski definition) is 4. The van der Waals surface area contributed by atoms with Gasteiger partial charge in [-0.05, 0) is 68.6 Å². The van der Waals surface area contributed by atoms with Gasteiger partial charge in [0.15, 0.2) is 0 Å². The largest absolute Gasteiger partial charge is 0.404 e. The third-order valence-corrected chi connectivity index (χ3v) is 5.40. The molecule has 0 radical (unpaired) electrons. The van der Waals surface area contributed by atoms with Gasteiger partial charge in [0.1, 0.15) is 0 Å². The molecule has 24 heavy (non-hydrogen) atoms. The van der Waals surface area contributed by atoms with Crippen molar-refractivity contribution in [3.63, 3.8) is 0 Å². The van der Waals surface area contributed by atoms with E-state index in [0.717, 1.165) is 26.2 Å². The fourth-order valence-corrected chi connectivity index (χ4v) is 3.92. The molecule has 0 aliphatic carbocycles. The van der Waals surface area contributed by atoms with Gasteiger partial charge in [-0.2, -0.15) is 0 Å². The molecule has 0 spiro atoms. The maximum atomic E-state index is 5.95. The molecule has 3 N–H and O–H groups in total. The van der Waals surface area contributed by atoms with Gasteiger partial charge in [0, 0.05) is 19.2 Å². The van der Waals surface area contributed by atoms with E-state index in [-0.39, 0.29) is 0 Å². The Morgan fingerprint density at radius 2 is 1.96 bits per heavy atom. The summed E-state index contributed by atoms with van der Waals surface area (Å²) in [6.45, 7) is 6.30. The van der Waals surface area contributed by atoms with Crippen molar-refractivity contribution >= 4 is 5.57 Å². The average molecular weight is 329 g/mol. The normalized spacial score (nSPS) is 24.7. The first-order valence-electron chi connectivity index (χ1n) is 9.37. The number of piperidine rings is 1. The summed E-state index contributed by atoms with van der Waals surface area (Å²) < 4.78 is 5.52. The zero-order valence-electron chi connectivity index (χ0n) is 14.6. The fourth-order valence-electron chi connectivity index (χ4n) is 3.92. The predicted octanol–water partition coefficient (Wildman–Crippen LogP) is 2.47. The fraction of sp³-hybridized carbons (Fsp3) is 0.600. The van der Waals surface area contributed by atoms with Crippen molar-refractivity contribution < 1.29 is 4.74 Å². The molecule has 4 nitrogen and oxygen atoms in total. The second-order valence-electron chi connectivity index (χ2n) is 6.94. The number of hydrogen-bond donors (Lipinski definition) is 2. The molecular weight excluding hydrogens is 298 g/mol. The maximum absolute atomic E-state index is 5.95. The van der Waals surface area contributed by atoms with Crippen LogP contribution in [-0.4, -0.2) is 50.3 Å². The van der Waals surface area contributed by atoms with Crippen molar-refractivity contribution in [3.05, 3.63) is 42.1 Å². The van der Waals surface area contributed by atoms with Gasteiger partial charge in [-0.25, -0.2) is 0 Å². The molecule has 0 bridgehead atoms. The van der Waals surface area contributed by atoms with Gasteiger partial charge in [-0.1, -0.05) is 30.3 Å². The molecule has 4 heteroatoms. The Hall–Kier alpha value is -1.36. The number of nitrogens with two attached hydrogens (primary N) is 1. The van der Waals surface area contributed by atoms with Crippen molar-refractivity contribution in [1.29, 1.82) is 0 Å². The molecular formula is C20H31N3O. The van der Waals surface area contributed by atoms with Crippen LogP contribution in [-0.2, 0) is 4.74 Å². The summed E-state index contributed by atoms with van der Waals surface area (Å²) >= 11 is 0. The van der Waals surface area contributed by atoms with Crippen LogP contribution in [0.4, 0.5) is 0 Å². The minimum atomic E-state index is 0.595. The lowest BCUT2D eigenvalue weighted by molar-refractivity contribution is 0.148. The number of rotatable bonds is 5. The van der Waals surface area contributed by atoms with Crippen LogP contribution in [0.25, 0.3) is 5.57 Å². The van der Waals surface area contributed by atoms with E-state index in [2.05, 4.69) is 40.5 Å². The van der Waals surface area contributed by atoms with Gasteiger partial charge in [0.05, 0.1) is 6.61 Å². The lowest BCUT2D eigenvalue weighted by Gasteiger charge is -2.34. The van der Waals surface area contributed by atoms with Crippen LogP contribution in [0.5, 0.6) is 0 Å². The molecule has 2 saturated heterocycles. The standard InChI is InChI=1S/C20H31N3O/c21-16-20(17-4-2-1-3-5-17)18-6-11-23(12-7-18)13-8-19-9-14-24-15-10-22-19/h1-5,16,18-19,22H,6-15,21H2/b20-16+. The Balaban J connectivity index is 1.45. The van der Waals surface area contributed by atoms with Crippen molar-refractivity contribution in [1.82, 2.24) is 10.2 Å². The lowest BCUT2D eigenvalue weighted by Crippen LogP contribution is -2.38. The molecule has 2 heterocycles. The highest BCUT2D eigenvalue weighted by atomic mass is 16.5. The molecule has 1 atom stereocenters. The van der Waals surface area contributed by atoms with Crippen LogP contribution >= 0.6 is 0 Å². The zero-order valence-corrected chi connectivity index (χ0v) is 14.6. The lowest BCUT2D eigenvalue weighted by atomic mass is 9.85. The van der Waals surface area contributed by atoms with Gasteiger partial charge in [-0.3, -0.25) is 0 Å². The van der Waals surface area contributed by atoms with E-state index in [4.69, 9.17) is 10.5 Å². The van der Waals surface area contributed by atoms with E-state index in [1.165, 1.54) is 50.0 Å². The molecule has 3 rings (SSSR count). The minimum Gasteiger partial charge on any atom is -0.404 e. The maximum Gasteiger partial charge on any atom is 0.0591 e. The third kappa shape index (κ3) is 4.82. The smallest absolute Gasteiger partial charge is 0.0591 e. The first-order chi connectivity index (χ1) is 11.9. The highest BCUT2D eigenvalue weighted by Crippen LogP contribution is 2.31. The monoisotopic (exact) mass is 329 g/mol. The topological polar surface area (TPSA) is 50.5 Å². The Bertz CT molecular complexity index is 501. The van der Waals surface area contributed by atoms with Gasteiger partial charge < -0.3 is 20.7 Å². The highest BCUT2D eigenvalue weighted by Gasteiger charge is 2.23. The second-order valence-corrected chi connectivity index (χ2v) is 6.94.